The molecule has 2 aromatic carbocycles. The largest absolute Gasteiger partial charge is 0.507 e. The van der Waals surface area contributed by atoms with E-state index in [4.69, 9.17) is 0 Å². The van der Waals surface area contributed by atoms with Crippen molar-refractivity contribution in [1.29, 1.82) is 0 Å². The number of nitroso groups, excluding NO2 is 1. The van der Waals surface area contributed by atoms with Crippen molar-refractivity contribution in [3.63, 3.8) is 0 Å². The summed E-state index contributed by atoms with van der Waals surface area (Å²) in [5.74, 6) is 0.443. The second-order valence-electron chi connectivity index (χ2n) is 12.2. The molecule has 5 nitrogen and oxygen atoms in total. The zero-order valence-electron chi connectivity index (χ0n) is 23.6. The van der Waals surface area contributed by atoms with Crippen molar-refractivity contribution in [2.24, 2.45) is 11.1 Å². The van der Waals surface area contributed by atoms with Gasteiger partial charge >= 0.3 is 0 Å². The highest BCUT2D eigenvalue weighted by molar-refractivity contribution is 5.56. The van der Waals surface area contributed by atoms with Crippen LogP contribution in [0.1, 0.15) is 114 Å². The van der Waals surface area contributed by atoms with Gasteiger partial charge in [-0.3, -0.25) is 0 Å². The number of hydrogen-bond donors (Lipinski definition) is 3. The Balaban J connectivity index is 2.85. The molecule has 36 heavy (non-hydrogen) atoms. The molecule has 3 N–H and O–H groups in total. The molecule has 2 rings (SSSR count). The van der Waals surface area contributed by atoms with Crippen LogP contribution >= 0.6 is 0 Å². The van der Waals surface area contributed by atoms with Crippen LogP contribution in [0.3, 0.4) is 0 Å². The summed E-state index contributed by atoms with van der Waals surface area (Å²) in [5.41, 5.74) is 5.04. The smallest absolute Gasteiger partial charge is 0.123 e. The molecule has 2 aromatic rings. The molecule has 0 aliphatic heterocycles. The first-order valence-corrected chi connectivity index (χ1v) is 13.4. The van der Waals surface area contributed by atoms with Gasteiger partial charge in [0, 0.05) is 29.2 Å². The number of phenolic OH excluding ortho intramolecular Hbond substituents is 2. The molecule has 0 fully saturated rings. The lowest BCUT2D eigenvalue weighted by Crippen LogP contribution is -2.19. The zero-order chi connectivity index (χ0) is 27.3. The number of aliphatic hydroxyl groups excluding tert-OH is 1. The zero-order valence-corrected chi connectivity index (χ0v) is 23.6. The Morgan fingerprint density at radius 2 is 1.33 bits per heavy atom. The first-order valence-electron chi connectivity index (χ1n) is 13.4. The Morgan fingerprint density at radius 1 is 0.833 bits per heavy atom. The van der Waals surface area contributed by atoms with Gasteiger partial charge in [-0.15, -0.1) is 0 Å². The fourth-order valence-electron chi connectivity index (χ4n) is 5.00. The second kappa shape index (κ2) is 12.2. The van der Waals surface area contributed by atoms with E-state index >= 15 is 0 Å². The SMILES string of the molecule is CCC(C)(C)c1cc(CCCN=O)cc(C(c2cc(CCCO)cc(C(C)(C)C)c2O)C(C)C)c1O. The highest BCUT2D eigenvalue weighted by atomic mass is 16.3. The quantitative estimate of drug-likeness (QED) is 0.209. The van der Waals surface area contributed by atoms with Gasteiger partial charge < -0.3 is 15.3 Å². The third-order valence-electron chi connectivity index (χ3n) is 7.49. The second-order valence-corrected chi connectivity index (χ2v) is 12.2. The number of benzene rings is 2. The highest BCUT2D eigenvalue weighted by Gasteiger charge is 2.32. The molecule has 0 saturated heterocycles. The number of phenols is 2. The van der Waals surface area contributed by atoms with Crippen LogP contribution in [-0.2, 0) is 23.7 Å². The van der Waals surface area contributed by atoms with Gasteiger partial charge in [0.2, 0.25) is 0 Å². The van der Waals surface area contributed by atoms with Crippen LogP contribution in [0.2, 0.25) is 0 Å². The molecule has 5 heteroatoms. The molecular formula is C31H47NO4. The van der Waals surface area contributed by atoms with E-state index in [2.05, 4.69) is 84.8 Å². The number of aromatic hydroxyl groups is 2. The number of nitrogens with zero attached hydrogens (tertiary/aromatic N) is 1. The van der Waals surface area contributed by atoms with Crippen molar-refractivity contribution in [3.05, 3.63) is 62.6 Å². The van der Waals surface area contributed by atoms with Crippen molar-refractivity contribution >= 4 is 0 Å². The fourth-order valence-corrected chi connectivity index (χ4v) is 5.00. The number of aryl methyl sites for hydroxylation is 2. The highest BCUT2D eigenvalue weighted by Crippen LogP contribution is 2.48. The Morgan fingerprint density at radius 3 is 1.78 bits per heavy atom. The van der Waals surface area contributed by atoms with Crippen molar-refractivity contribution < 1.29 is 15.3 Å². The Kier molecular flexibility index (Phi) is 10.1. The van der Waals surface area contributed by atoms with E-state index in [-0.39, 0.29) is 47.3 Å². The third-order valence-corrected chi connectivity index (χ3v) is 7.49. The van der Waals surface area contributed by atoms with Crippen LogP contribution in [0.25, 0.3) is 0 Å². The Labute approximate surface area is 217 Å². The number of rotatable bonds is 12. The molecule has 0 bridgehead atoms. The van der Waals surface area contributed by atoms with E-state index in [1.807, 2.05) is 0 Å². The van der Waals surface area contributed by atoms with Gasteiger partial charge in [-0.2, -0.15) is 4.91 Å². The van der Waals surface area contributed by atoms with Crippen LogP contribution in [0, 0.1) is 10.8 Å². The van der Waals surface area contributed by atoms with Crippen molar-refractivity contribution in [3.8, 4) is 11.5 Å². The predicted molar refractivity (Wildman–Crippen MR) is 149 cm³/mol. The van der Waals surface area contributed by atoms with Crippen LogP contribution in [-0.4, -0.2) is 28.5 Å². The van der Waals surface area contributed by atoms with Crippen LogP contribution in [0.4, 0.5) is 0 Å². The predicted octanol–water partition coefficient (Wildman–Crippen LogP) is 7.49. The molecule has 1 atom stereocenters. The fraction of sp³-hybridized carbons (Fsp3) is 0.613. The van der Waals surface area contributed by atoms with E-state index in [0.29, 0.717) is 19.3 Å². The minimum Gasteiger partial charge on any atom is -0.507 e. The van der Waals surface area contributed by atoms with Crippen molar-refractivity contribution in [1.82, 2.24) is 0 Å². The van der Waals surface area contributed by atoms with Gasteiger partial charge in [-0.1, -0.05) is 84.8 Å². The van der Waals surface area contributed by atoms with Gasteiger partial charge in [-0.25, -0.2) is 0 Å². The summed E-state index contributed by atoms with van der Waals surface area (Å²) in [5, 5.41) is 35.7. The molecule has 0 aliphatic carbocycles. The standard InChI is InChI=1S/C31H47NO4/c1-9-31(7,8)26-19-21(12-10-14-32-36)16-24(29(26)35)27(20(2)3)23-17-22(13-11-15-33)18-25(28(23)34)30(4,5)6/h16-20,27,33-35H,9-15H2,1-8H3. The lowest BCUT2D eigenvalue weighted by Gasteiger charge is -2.32. The summed E-state index contributed by atoms with van der Waals surface area (Å²) in [7, 11) is 0. The van der Waals surface area contributed by atoms with E-state index in [1.165, 1.54) is 0 Å². The number of aliphatic hydroxyl groups is 1. The summed E-state index contributed by atoms with van der Waals surface area (Å²) in [6.45, 7) is 17.3. The molecule has 200 valence electrons. The average Bonchev–Trinajstić information content (AvgIpc) is 2.80. The maximum Gasteiger partial charge on any atom is 0.123 e. The number of hydrogen-bond acceptors (Lipinski definition) is 5. The van der Waals surface area contributed by atoms with E-state index in [0.717, 1.165) is 46.2 Å². The summed E-state index contributed by atoms with van der Waals surface area (Å²) >= 11 is 0. The lowest BCUT2D eigenvalue weighted by molar-refractivity contribution is 0.288. The monoisotopic (exact) mass is 497 g/mol. The van der Waals surface area contributed by atoms with Crippen LogP contribution in [0.15, 0.2) is 29.4 Å². The van der Waals surface area contributed by atoms with Gasteiger partial charge in [0.1, 0.15) is 11.5 Å². The summed E-state index contributed by atoms with van der Waals surface area (Å²) in [6, 6.07) is 8.23. The average molecular weight is 498 g/mol. The van der Waals surface area contributed by atoms with Crippen molar-refractivity contribution in [2.45, 2.75) is 104 Å². The molecule has 0 amide bonds. The van der Waals surface area contributed by atoms with E-state index in [9.17, 15) is 20.2 Å². The molecule has 0 saturated carbocycles. The molecular weight excluding hydrogens is 450 g/mol. The third kappa shape index (κ3) is 6.88. The van der Waals surface area contributed by atoms with Gasteiger partial charge in [0.15, 0.2) is 0 Å². The topological polar surface area (TPSA) is 90.1 Å². The molecule has 0 radical (unpaired) electrons. The first-order chi connectivity index (χ1) is 16.8. The minimum absolute atomic E-state index is 0.104. The molecule has 1 unspecified atom stereocenters. The molecule has 0 heterocycles. The summed E-state index contributed by atoms with van der Waals surface area (Å²) < 4.78 is 0. The van der Waals surface area contributed by atoms with Gasteiger partial charge in [0.05, 0.1) is 6.54 Å². The Hall–Kier alpha value is -2.40. The Bertz CT molecular complexity index is 1030. The minimum atomic E-state index is -0.267. The first kappa shape index (κ1) is 29.8. The lowest BCUT2D eigenvalue weighted by atomic mass is 9.73. The molecule has 0 aliphatic rings. The maximum absolute atomic E-state index is 11.7. The van der Waals surface area contributed by atoms with Gasteiger partial charge in [-0.05, 0) is 65.5 Å². The van der Waals surface area contributed by atoms with Gasteiger partial charge in [0.25, 0.3) is 0 Å². The molecule has 0 spiro atoms. The molecule has 0 aromatic heterocycles. The maximum atomic E-state index is 11.7. The normalized spacial score (nSPS) is 13.3. The van der Waals surface area contributed by atoms with Crippen molar-refractivity contribution in [2.75, 3.05) is 13.2 Å². The van der Waals surface area contributed by atoms with Crippen LogP contribution in [0.5, 0.6) is 11.5 Å². The van der Waals surface area contributed by atoms with E-state index in [1.54, 1.807) is 0 Å². The summed E-state index contributed by atoms with van der Waals surface area (Å²) in [4.78, 5) is 10.7. The summed E-state index contributed by atoms with van der Waals surface area (Å²) in [6.07, 6.45) is 3.59. The van der Waals surface area contributed by atoms with Crippen LogP contribution < -0.4 is 0 Å². The van der Waals surface area contributed by atoms with E-state index < -0.39 is 0 Å².